The van der Waals surface area contributed by atoms with E-state index in [0.717, 1.165) is 0 Å². The number of pyridine rings is 1. The van der Waals surface area contributed by atoms with Gasteiger partial charge in [-0.15, -0.1) is 0 Å². The molecule has 0 spiro atoms. The lowest BCUT2D eigenvalue weighted by Crippen LogP contribution is -2.34. The normalized spacial score (nSPS) is 12.4. The van der Waals surface area contributed by atoms with Gasteiger partial charge in [-0.1, -0.05) is 0 Å². The van der Waals surface area contributed by atoms with Gasteiger partial charge in [-0.25, -0.2) is 14.2 Å². The van der Waals surface area contributed by atoms with E-state index in [1.54, 1.807) is 52.0 Å². The maximum Gasteiger partial charge on any atom is 0.407 e. The lowest BCUT2D eigenvalue weighted by atomic mass is 10.1. The van der Waals surface area contributed by atoms with E-state index in [0.29, 0.717) is 22.7 Å². The number of aliphatic hydroxyl groups is 1. The molecule has 0 bridgehead atoms. The summed E-state index contributed by atoms with van der Waals surface area (Å²) in [7, 11) is 0. The van der Waals surface area contributed by atoms with E-state index in [1.165, 1.54) is 12.1 Å². The van der Waals surface area contributed by atoms with Crippen LogP contribution in [0.4, 0.5) is 9.18 Å². The summed E-state index contributed by atoms with van der Waals surface area (Å²) in [5, 5.41) is 12.4. The van der Waals surface area contributed by atoms with Crippen molar-refractivity contribution in [2.24, 2.45) is 0 Å². The molecule has 1 heterocycles. The standard InChI is InChI=1S/C20H25FN2O4/c1-13(24)16-9-10-17(18(23-16)14-5-7-15(21)8-6-14)26-12-11-22-19(25)27-20(2,3)4/h5-10,13,24H,11-12H2,1-4H3,(H,22,25). The number of nitrogens with zero attached hydrogens (tertiary/aromatic N) is 1. The minimum atomic E-state index is -0.743. The van der Waals surface area contributed by atoms with Crippen LogP contribution in [0.15, 0.2) is 36.4 Å². The highest BCUT2D eigenvalue weighted by molar-refractivity contribution is 5.68. The Hall–Kier alpha value is -2.67. The van der Waals surface area contributed by atoms with Crippen LogP contribution in [-0.4, -0.2) is 34.9 Å². The Balaban J connectivity index is 2.07. The number of aromatic nitrogens is 1. The molecular weight excluding hydrogens is 351 g/mol. The summed E-state index contributed by atoms with van der Waals surface area (Å²) in [6.07, 6.45) is -1.26. The summed E-state index contributed by atoms with van der Waals surface area (Å²) in [5.74, 6) is 0.117. The zero-order chi connectivity index (χ0) is 20.0. The Kier molecular flexibility index (Phi) is 6.74. The molecule has 27 heavy (non-hydrogen) atoms. The van der Waals surface area contributed by atoms with Gasteiger partial charge in [0.1, 0.15) is 29.5 Å². The van der Waals surface area contributed by atoms with E-state index in [-0.39, 0.29) is 19.0 Å². The van der Waals surface area contributed by atoms with Crippen molar-refractivity contribution in [1.29, 1.82) is 0 Å². The van der Waals surface area contributed by atoms with Crippen LogP contribution in [0, 0.1) is 5.82 Å². The van der Waals surface area contributed by atoms with Gasteiger partial charge in [-0.2, -0.15) is 0 Å². The van der Waals surface area contributed by atoms with Gasteiger partial charge in [0.25, 0.3) is 0 Å². The smallest absolute Gasteiger partial charge is 0.407 e. The first kappa shape index (κ1) is 20.6. The first-order chi connectivity index (χ1) is 12.7. The monoisotopic (exact) mass is 376 g/mol. The van der Waals surface area contributed by atoms with Crippen molar-refractivity contribution < 1.29 is 23.8 Å². The Morgan fingerprint density at radius 1 is 1.22 bits per heavy atom. The van der Waals surface area contributed by atoms with Crippen molar-refractivity contribution in [3.63, 3.8) is 0 Å². The number of nitrogens with one attached hydrogen (secondary N) is 1. The maximum absolute atomic E-state index is 13.2. The number of carbonyl (C=O) groups excluding carboxylic acids is 1. The molecule has 0 fully saturated rings. The van der Waals surface area contributed by atoms with E-state index in [9.17, 15) is 14.3 Å². The third-order valence-electron chi connectivity index (χ3n) is 3.45. The molecule has 7 heteroatoms. The molecule has 2 aromatic rings. The van der Waals surface area contributed by atoms with Crippen molar-refractivity contribution in [3.8, 4) is 17.0 Å². The SMILES string of the molecule is CC(O)c1ccc(OCCNC(=O)OC(C)(C)C)c(-c2ccc(F)cc2)n1. The molecule has 0 aliphatic carbocycles. The second kappa shape index (κ2) is 8.81. The third-order valence-corrected chi connectivity index (χ3v) is 3.45. The van der Waals surface area contributed by atoms with Gasteiger partial charge in [0, 0.05) is 5.56 Å². The number of hydrogen-bond donors (Lipinski definition) is 2. The molecule has 1 amide bonds. The summed E-state index contributed by atoms with van der Waals surface area (Å²) in [4.78, 5) is 16.1. The molecule has 6 nitrogen and oxygen atoms in total. The molecule has 0 saturated carbocycles. The number of ether oxygens (including phenoxy) is 2. The molecule has 1 aromatic carbocycles. The fourth-order valence-electron chi connectivity index (χ4n) is 2.25. The second-order valence-electron chi connectivity index (χ2n) is 7.04. The quantitative estimate of drug-likeness (QED) is 0.749. The first-order valence-corrected chi connectivity index (χ1v) is 8.70. The highest BCUT2D eigenvalue weighted by Crippen LogP contribution is 2.30. The molecule has 2 N–H and O–H groups in total. The molecule has 0 aliphatic heterocycles. The summed E-state index contributed by atoms with van der Waals surface area (Å²) >= 11 is 0. The van der Waals surface area contributed by atoms with Gasteiger partial charge in [-0.3, -0.25) is 0 Å². The number of rotatable bonds is 6. The Bertz CT molecular complexity index is 771. The number of hydrogen-bond acceptors (Lipinski definition) is 5. The summed E-state index contributed by atoms with van der Waals surface area (Å²) in [6.45, 7) is 7.41. The number of benzene rings is 1. The first-order valence-electron chi connectivity index (χ1n) is 8.70. The van der Waals surface area contributed by atoms with Crippen molar-refractivity contribution in [3.05, 3.63) is 47.9 Å². The third kappa shape index (κ3) is 6.53. The predicted molar refractivity (Wildman–Crippen MR) is 100.0 cm³/mol. The van der Waals surface area contributed by atoms with Gasteiger partial charge in [-0.05, 0) is 64.1 Å². The van der Waals surface area contributed by atoms with Crippen molar-refractivity contribution >= 4 is 6.09 Å². The van der Waals surface area contributed by atoms with Crippen LogP contribution in [0.2, 0.25) is 0 Å². The zero-order valence-corrected chi connectivity index (χ0v) is 16.0. The number of aliphatic hydroxyl groups excluding tert-OH is 1. The molecule has 0 radical (unpaired) electrons. The number of carbonyl (C=O) groups is 1. The topological polar surface area (TPSA) is 80.7 Å². The van der Waals surface area contributed by atoms with Crippen LogP contribution >= 0.6 is 0 Å². The van der Waals surface area contributed by atoms with Gasteiger partial charge in [0.2, 0.25) is 0 Å². The highest BCUT2D eigenvalue weighted by atomic mass is 19.1. The van der Waals surface area contributed by atoms with Gasteiger partial charge < -0.3 is 19.9 Å². The van der Waals surface area contributed by atoms with E-state index in [2.05, 4.69) is 10.3 Å². The fourth-order valence-corrected chi connectivity index (χ4v) is 2.25. The lowest BCUT2D eigenvalue weighted by Gasteiger charge is -2.19. The minimum absolute atomic E-state index is 0.198. The number of alkyl carbamates (subject to hydrolysis) is 1. The average Bonchev–Trinajstić information content (AvgIpc) is 2.58. The minimum Gasteiger partial charge on any atom is -0.489 e. The van der Waals surface area contributed by atoms with Crippen LogP contribution in [0.1, 0.15) is 39.5 Å². The Labute approximate surface area is 158 Å². The van der Waals surface area contributed by atoms with Gasteiger partial charge in [0.15, 0.2) is 0 Å². The summed E-state index contributed by atoms with van der Waals surface area (Å²) in [6, 6.07) is 9.21. The second-order valence-corrected chi connectivity index (χ2v) is 7.04. The van der Waals surface area contributed by atoms with E-state index < -0.39 is 17.8 Å². The van der Waals surface area contributed by atoms with E-state index in [1.807, 2.05) is 0 Å². The molecule has 0 aliphatic rings. The van der Waals surface area contributed by atoms with Gasteiger partial charge >= 0.3 is 6.09 Å². The van der Waals surface area contributed by atoms with Gasteiger partial charge in [0.05, 0.1) is 18.3 Å². The molecule has 1 unspecified atom stereocenters. The fraction of sp³-hybridized carbons (Fsp3) is 0.400. The average molecular weight is 376 g/mol. The molecule has 1 atom stereocenters. The number of halogens is 1. The van der Waals surface area contributed by atoms with E-state index in [4.69, 9.17) is 9.47 Å². The maximum atomic E-state index is 13.2. The molecular formula is C20H25FN2O4. The van der Waals surface area contributed by atoms with Crippen LogP contribution in [0.5, 0.6) is 5.75 Å². The molecule has 2 rings (SSSR count). The summed E-state index contributed by atoms with van der Waals surface area (Å²) < 4.78 is 24.1. The van der Waals surface area contributed by atoms with E-state index >= 15 is 0 Å². The Morgan fingerprint density at radius 2 is 1.89 bits per heavy atom. The van der Waals surface area contributed by atoms with Crippen molar-refractivity contribution in [2.45, 2.75) is 39.4 Å². The Morgan fingerprint density at radius 3 is 2.48 bits per heavy atom. The predicted octanol–water partition coefficient (Wildman–Crippen LogP) is 3.84. The van der Waals surface area contributed by atoms with Crippen LogP contribution < -0.4 is 10.1 Å². The van der Waals surface area contributed by atoms with Crippen LogP contribution in [0.25, 0.3) is 11.3 Å². The molecule has 0 saturated heterocycles. The zero-order valence-electron chi connectivity index (χ0n) is 16.0. The van der Waals surface area contributed by atoms with Crippen LogP contribution in [0.3, 0.4) is 0 Å². The van der Waals surface area contributed by atoms with Crippen molar-refractivity contribution in [1.82, 2.24) is 10.3 Å². The highest BCUT2D eigenvalue weighted by Gasteiger charge is 2.16. The largest absolute Gasteiger partial charge is 0.489 e. The lowest BCUT2D eigenvalue weighted by molar-refractivity contribution is 0.0520. The van der Waals surface area contributed by atoms with Crippen molar-refractivity contribution in [2.75, 3.05) is 13.2 Å². The van der Waals surface area contributed by atoms with Crippen LogP contribution in [-0.2, 0) is 4.74 Å². The number of amides is 1. The summed E-state index contributed by atoms with van der Waals surface area (Å²) in [5.41, 5.74) is 1.06. The molecule has 1 aromatic heterocycles. The molecule has 146 valence electrons.